The van der Waals surface area contributed by atoms with Crippen molar-refractivity contribution in [2.45, 2.75) is 11.5 Å². The summed E-state index contributed by atoms with van der Waals surface area (Å²) in [4.78, 5) is 12.1. The summed E-state index contributed by atoms with van der Waals surface area (Å²) in [5, 5.41) is 11.7. The van der Waals surface area contributed by atoms with Crippen molar-refractivity contribution in [2.24, 2.45) is 0 Å². The van der Waals surface area contributed by atoms with E-state index in [1.54, 1.807) is 6.07 Å². The molecule has 0 bridgehead atoms. The van der Waals surface area contributed by atoms with E-state index in [1.165, 1.54) is 54.6 Å². The van der Waals surface area contributed by atoms with Gasteiger partial charge in [0.15, 0.2) is 0 Å². The minimum Gasteiger partial charge on any atom is -0.321 e. The summed E-state index contributed by atoms with van der Waals surface area (Å²) in [7, 11) is -4.12. The van der Waals surface area contributed by atoms with E-state index in [2.05, 4.69) is 5.32 Å². The van der Waals surface area contributed by atoms with Gasteiger partial charge in [0, 0.05) is 5.56 Å². The molecule has 1 N–H and O–H groups in total. The number of benzene rings is 3. The number of carbonyl (C=O) groups is 1. The lowest BCUT2D eigenvalue weighted by molar-refractivity contribution is 0.102. The van der Waals surface area contributed by atoms with Crippen LogP contribution in [0.5, 0.6) is 0 Å². The van der Waals surface area contributed by atoms with Crippen molar-refractivity contribution < 1.29 is 21.8 Å². The Labute approximate surface area is 177 Å². The highest BCUT2D eigenvalue weighted by Crippen LogP contribution is 2.23. The number of amides is 1. The van der Waals surface area contributed by atoms with Gasteiger partial charge in [-0.15, -0.1) is 0 Å². The van der Waals surface area contributed by atoms with Gasteiger partial charge in [0.2, 0.25) is 0 Å². The van der Waals surface area contributed by atoms with Gasteiger partial charge in [-0.25, -0.2) is 4.39 Å². The van der Waals surface area contributed by atoms with E-state index in [9.17, 15) is 17.6 Å². The van der Waals surface area contributed by atoms with E-state index in [0.717, 1.165) is 6.07 Å². The summed E-state index contributed by atoms with van der Waals surface area (Å²) < 4.78 is 42.8. The number of rotatable bonds is 6. The molecule has 1 amide bonds. The molecule has 0 unspecified atom stereocenters. The predicted octanol–water partition coefficient (Wildman–Crippen LogP) is 4.51. The first-order valence-electron chi connectivity index (χ1n) is 8.54. The van der Waals surface area contributed by atoms with Gasteiger partial charge in [-0.3, -0.25) is 8.98 Å². The Morgan fingerprint density at radius 3 is 2.47 bits per heavy atom. The summed E-state index contributed by atoms with van der Waals surface area (Å²) in [6.45, 7) is -0.270. The van der Waals surface area contributed by atoms with Crippen molar-refractivity contribution in [1.82, 2.24) is 0 Å². The molecule has 30 heavy (non-hydrogen) atoms. The van der Waals surface area contributed by atoms with Gasteiger partial charge in [0.1, 0.15) is 16.8 Å². The monoisotopic (exact) mass is 444 g/mol. The zero-order chi connectivity index (χ0) is 21.7. The number of halogens is 2. The van der Waals surface area contributed by atoms with Crippen LogP contribution in [0.4, 0.5) is 10.1 Å². The topological polar surface area (TPSA) is 96.3 Å². The van der Waals surface area contributed by atoms with E-state index < -0.39 is 21.8 Å². The first-order chi connectivity index (χ1) is 14.3. The molecule has 3 aromatic rings. The van der Waals surface area contributed by atoms with Crippen molar-refractivity contribution >= 4 is 33.3 Å². The number of nitriles is 1. The van der Waals surface area contributed by atoms with Gasteiger partial charge in [-0.05, 0) is 48.0 Å². The van der Waals surface area contributed by atoms with Gasteiger partial charge >= 0.3 is 0 Å². The van der Waals surface area contributed by atoms with E-state index in [0.29, 0.717) is 5.56 Å². The molecule has 0 heterocycles. The van der Waals surface area contributed by atoms with Crippen LogP contribution in [0.25, 0.3) is 0 Å². The number of nitrogens with one attached hydrogen (secondary N) is 1. The third-order valence-corrected chi connectivity index (χ3v) is 5.69. The Kier molecular flexibility index (Phi) is 6.47. The van der Waals surface area contributed by atoms with E-state index in [-0.39, 0.29) is 33.3 Å². The van der Waals surface area contributed by atoms with Crippen LogP contribution in [0.1, 0.15) is 21.5 Å². The molecule has 0 aromatic heterocycles. The van der Waals surface area contributed by atoms with Crippen LogP contribution in [0.2, 0.25) is 5.02 Å². The highest BCUT2D eigenvalue weighted by Gasteiger charge is 2.19. The molecule has 152 valence electrons. The molecular formula is C21H14ClFN2O4S. The Morgan fingerprint density at radius 1 is 1.10 bits per heavy atom. The smallest absolute Gasteiger partial charge is 0.298 e. The van der Waals surface area contributed by atoms with E-state index in [4.69, 9.17) is 21.0 Å². The molecule has 0 spiro atoms. The summed E-state index contributed by atoms with van der Waals surface area (Å²) in [5.74, 6) is -0.985. The van der Waals surface area contributed by atoms with E-state index in [1.807, 2.05) is 6.07 Å². The standard InChI is InChI=1S/C21H14ClFN2O4S/c22-18-11-17(23)9-10-19(18)25-21(26)15-7-5-14(6-8-15)13-29-30(27,28)20-4-2-1-3-16(20)12-24/h1-11H,13H2,(H,25,26). The van der Waals surface area contributed by atoms with Crippen molar-refractivity contribution in [2.75, 3.05) is 5.32 Å². The fraction of sp³-hybridized carbons (Fsp3) is 0.0476. The Hall–Kier alpha value is -3.25. The highest BCUT2D eigenvalue weighted by molar-refractivity contribution is 7.86. The largest absolute Gasteiger partial charge is 0.321 e. The van der Waals surface area contributed by atoms with Crippen LogP contribution in [-0.4, -0.2) is 14.3 Å². The second-order valence-corrected chi connectivity index (χ2v) is 8.09. The minimum atomic E-state index is -4.12. The first-order valence-corrected chi connectivity index (χ1v) is 10.3. The van der Waals surface area contributed by atoms with Crippen LogP contribution < -0.4 is 5.32 Å². The summed E-state index contributed by atoms with van der Waals surface area (Å²) >= 11 is 5.89. The van der Waals surface area contributed by atoms with Crippen LogP contribution in [0, 0.1) is 17.1 Å². The zero-order valence-electron chi connectivity index (χ0n) is 15.3. The number of hydrogen-bond acceptors (Lipinski definition) is 5. The van der Waals surface area contributed by atoms with Crippen LogP contribution in [0.3, 0.4) is 0 Å². The lowest BCUT2D eigenvalue weighted by atomic mass is 10.1. The average Bonchev–Trinajstić information content (AvgIpc) is 2.74. The van der Waals surface area contributed by atoms with Crippen molar-refractivity contribution in [3.05, 3.63) is 94.3 Å². The summed E-state index contributed by atoms with van der Waals surface area (Å²) in [6, 6.07) is 17.2. The van der Waals surface area contributed by atoms with Crippen molar-refractivity contribution in [3.8, 4) is 6.07 Å². The molecule has 3 aromatic carbocycles. The molecule has 0 aliphatic carbocycles. The molecule has 9 heteroatoms. The maximum absolute atomic E-state index is 13.1. The normalized spacial score (nSPS) is 11.0. The first kappa shape index (κ1) is 21.5. The Morgan fingerprint density at radius 2 is 1.80 bits per heavy atom. The molecule has 0 fully saturated rings. The Bertz CT molecular complexity index is 1240. The van der Waals surface area contributed by atoms with Crippen LogP contribution >= 0.6 is 11.6 Å². The van der Waals surface area contributed by atoms with Crippen molar-refractivity contribution in [3.63, 3.8) is 0 Å². The van der Waals surface area contributed by atoms with Crippen LogP contribution in [0.15, 0.2) is 71.6 Å². The molecule has 3 rings (SSSR count). The van der Waals surface area contributed by atoms with Gasteiger partial charge < -0.3 is 5.32 Å². The van der Waals surface area contributed by atoms with Gasteiger partial charge in [-0.2, -0.15) is 13.7 Å². The van der Waals surface area contributed by atoms with Gasteiger partial charge in [0.05, 0.1) is 22.9 Å². The van der Waals surface area contributed by atoms with Gasteiger partial charge in [0.25, 0.3) is 16.0 Å². The minimum absolute atomic E-state index is 0.0102. The number of hydrogen-bond donors (Lipinski definition) is 1. The molecule has 0 atom stereocenters. The molecule has 0 aliphatic heterocycles. The second-order valence-electron chi connectivity index (χ2n) is 6.10. The third-order valence-electron chi connectivity index (χ3n) is 4.05. The molecule has 0 saturated carbocycles. The molecule has 6 nitrogen and oxygen atoms in total. The maximum atomic E-state index is 13.1. The third kappa shape index (κ3) is 5.02. The molecule has 0 saturated heterocycles. The van der Waals surface area contributed by atoms with Crippen LogP contribution in [-0.2, 0) is 20.9 Å². The van der Waals surface area contributed by atoms with Gasteiger partial charge in [-0.1, -0.05) is 35.9 Å². The lowest BCUT2D eigenvalue weighted by Gasteiger charge is -2.09. The zero-order valence-corrected chi connectivity index (χ0v) is 16.9. The second kappa shape index (κ2) is 9.05. The quantitative estimate of drug-likeness (QED) is 0.564. The highest BCUT2D eigenvalue weighted by atomic mass is 35.5. The fourth-order valence-corrected chi connectivity index (χ4v) is 3.78. The maximum Gasteiger partial charge on any atom is 0.298 e. The van der Waals surface area contributed by atoms with Crippen molar-refractivity contribution in [1.29, 1.82) is 5.26 Å². The SMILES string of the molecule is N#Cc1ccccc1S(=O)(=O)OCc1ccc(C(=O)Nc2ccc(F)cc2Cl)cc1. The Balaban J connectivity index is 1.67. The molecule has 0 radical (unpaired) electrons. The number of nitrogens with zero attached hydrogens (tertiary/aromatic N) is 1. The fourth-order valence-electron chi connectivity index (χ4n) is 2.52. The predicted molar refractivity (Wildman–Crippen MR) is 109 cm³/mol. The molecular weight excluding hydrogens is 431 g/mol. The number of anilines is 1. The summed E-state index contributed by atoms with van der Waals surface area (Å²) in [6.07, 6.45) is 0. The lowest BCUT2D eigenvalue weighted by Crippen LogP contribution is -2.12. The summed E-state index contributed by atoms with van der Waals surface area (Å²) in [5.41, 5.74) is 1.04. The number of carbonyl (C=O) groups excluding carboxylic acids is 1. The molecule has 0 aliphatic rings. The van der Waals surface area contributed by atoms with E-state index >= 15 is 0 Å². The average molecular weight is 445 g/mol.